The maximum absolute atomic E-state index is 13.2. The molecule has 2 fully saturated rings. The Labute approximate surface area is 147 Å². The molecule has 0 radical (unpaired) electrons. The summed E-state index contributed by atoms with van der Waals surface area (Å²) in [6.45, 7) is 4.26. The standard InChI is InChI=1S/C19H25N3O3/c1-18(2,11-23)21-16(24)14-10-12-6-5-9-22(12)19(14)13-7-3-4-8-15(13)20-17(19)25/h3-4,7-8,12,14,23H,5-6,9-11H2,1-2H3,(H,20,25)(H,21,24)/t12-,14+,19+/m1/s1. The van der Waals surface area contributed by atoms with Gasteiger partial charge in [-0.15, -0.1) is 0 Å². The molecular weight excluding hydrogens is 318 g/mol. The number of anilines is 1. The van der Waals surface area contributed by atoms with E-state index in [0.717, 1.165) is 30.6 Å². The average molecular weight is 343 g/mol. The molecule has 0 unspecified atom stereocenters. The maximum Gasteiger partial charge on any atom is 0.250 e. The van der Waals surface area contributed by atoms with Crippen molar-refractivity contribution >= 4 is 17.5 Å². The Bertz CT molecular complexity index is 732. The molecule has 4 rings (SSSR count). The van der Waals surface area contributed by atoms with Gasteiger partial charge in [-0.25, -0.2) is 0 Å². The van der Waals surface area contributed by atoms with E-state index in [9.17, 15) is 14.7 Å². The van der Waals surface area contributed by atoms with Crippen LogP contribution in [0.25, 0.3) is 0 Å². The maximum atomic E-state index is 13.2. The minimum absolute atomic E-state index is 0.0972. The summed E-state index contributed by atoms with van der Waals surface area (Å²) in [5, 5.41) is 15.4. The SMILES string of the molecule is CC(C)(CO)NC(=O)[C@@H]1C[C@H]2CCCN2[C@]12C(=O)Nc1ccccc12. The van der Waals surface area contributed by atoms with Crippen LogP contribution in [0.15, 0.2) is 24.3 Å². The molecule has 2 saturated heterocycles. The Balaban J connectivity index is 1.80. The van der Waals surface area contributed by atoms with E-state index in [2.05, 4.69) is 15.5 Å². The Kier molecular flexibility index (Phi) is 3.67. The molecule has 3 heterocycles. The minimum atomic E-state index is -0.923. The zero-order valence-electron chi connectivity index (χ0n) is 14.7. The molecule has 0 saturated carbocycles. The Morgan fingerprint density at radius 1 is 1.44 bits per heavy atom. The topological polar surface area (TPSA) is 81.7 Å². The first kappa shape index (κ1) is 16.5. The molecule has 134 valence electrons. The second-order valence-corrected chi connectivity index (χ2v) is 8.08. The molecule has 1 spiro atoms. The summed E-state index contributed by atoms with van der Waals surface area (Å²) in [5.41, 5.74) is 0.0819. The van der Waals surface area contributed by atoms with Gasteiger partial charge in [0.05, 0.1) is 18.1 Å². The van der Waals surface area contributed by atoms with Crippen molar-refractivity contribution in [2.45, 2.75) is 50.2 Å². The van der Waals surface area contributed by atoms with Crippen molar-refractivity contribution in [1.82, 2.24) is 10.2 Å². The van der Waals surface area contributed by atoms with E-state index >= 15 is 0 Å². The van der Waals surface area contributed by atoms with E-state index in [1.807, 2.05) is 24.3 Å². The van der Waals surface area contributed by atoms with E-state index in [0.29, 0.717) is 6.42 Å². The second-order valence-electron chi connectivity index (χ2n) is 8.08. The summed E-state index contributed by atoms with van der Waals surface area (Å²) in [7, 11) is 0. The molecule has 2 amide bonds. The highest BCUT2D eigenvalue weighted by molar-refractivity contribution is 6.09. The third-order valence-corrected chi connectivity index (χ3v) is 5.95. The van der Waals surface area contributed by atoms with E-state index in [1.54, 1.807) is 13.8 Å². The second kappa shape index (κ2) is 5.54. The van der Waals surface area contributed by atoms with Gasteiger partial charge < -0.3 is 15.7 Å². The zero-order valence-corrected chi connectivity index (χ0v) is 14.7. The normalized spacial score (nSPS) is 31.1. The first-order valence-corrected chi connectivity index (χ1v) is 9.01. The first-order valence-electron chi connectivity index (χ1n) is 9.01. The lowest BCUT2D eigenvalue weighted by molar-refractivity contribution is -0.138. The molecule has 0 bridgehead atoms. The van der Waals surface area contributed by atoms with Crippen molar-refractivity contribution in [3.8, 4) is 0 Å². The smallest absolute Gasteiger partial charge is 0.250 e. The lowest BCUT2D eigenvalue weighted by Crippen LogP contribution is -2.57. The number of para-hydroxylation sites is 1. The molecule has 1 aromatic rings. The van der Waals surface area contributed by atoms with Crippen LogP contribution in [0, 0.1) is 5.92 Å². The van der Waals surface area contributed by atoms with Crippen LogP contribution < -0.4 is 10.6 Å². The highest BCUT2D eigenvalue weighted by Crippen LogP contribution is 2.55. The number of carbonyl (C=O) groups is 2. The number of aliphatic hydroxyl groups is 1. The van der Waals surface area contributed by atoms with Crippen molar-refractivity contribution in [2.75, 3.05) is 18.5 Å². The number of carbonyl (C=O) groups excluding carboxylic acids is 2. The van der Waals surface area contributed by atoms with E-state index in [-0.39, 0.29) is 24.5 Å². The summed E-state index contributed by atoms with van der Waals surface area (Å²) in [4.78, 5) is 28.5. The summed E-state index contributed by atoms with van der Waals surface area (Å²) in [6, 6.07) is 7.95. The lowest BCUT2D eigenvalue weighted by Gasteiger charge is -2.37. The van der Waals surface area contributed by atoms with Crippen LogP contribution in [0.5, 0.6) is 0 Å². The summed E-state index contributed by atoms with van der Waals surface area (Å²) < 4.78 is 0. The summed E-state index contributed by atoms with van der Waals surface area (Å²) in [5.74, 6) is -0.701. The number of amides is 2. The van der Waals surface area contributed by atoms with Gasteiger partial charge in [0.25, 0.3) is 0 Å². The number of rotatable bonds is 3. The minimum Gasteiger partial charge on any atom is -0.394 e. The molecule has 25 heavy (non-hydrogen) atoms. The zero-order chi connectivity index (χ0) is 17.8. The highest BCUT2D eigenvalue weighted by Gasteiger charge is 2.65. The molecule has 3 atom stereocenters. The molecule has 3 aliphatic heterocycles. The monoisotopic (exact) mass is 343 g/mol. The molecule has 6 heteroatoms. The largest absolute Gasteiger partial charge is 0.394 e. The van der Waals surface area contributed by atoms with Gasteiger partial charge in [-0.3, -0.25) is 14.5 Å². The van der Waals surface area contributed by atoms with Gasteiger partial charge in [-0.05, 0) is 45.7 Å². The van der Waals surface area contributed by atoms with Gasteiger partial charge in [0, 0.05) is 17.3 Å². The van der Waals surface area contributed by atoms with Crippen LogP contribution in [0.2, 0.25) is 0 Å². The highest BCUT2D eigenvalue weighted by atomic mass is 16.3. The quantitative estimate of drug-likeness (QED) is 0.770. The molecule has 6 nitrogen and oxygen atoms in total. The van der Waals surface area contributed by atoms with Crippen molar-refractivity contribution < 1.29 is 14.7 Å². The van der Waals surface area contributed by atoms with Crippen LogP contribution >= 0.6 is 0 Å². The predicted molar refractivity (Wildman–Crippen MR) is 93.9 cm³/mol. The van der Waals surface area contributed by atoms with Crippen molar-refractivity contribution in [3.05, 3.63) is 29.8 Å². The van der Waals surface area contributed by atoms with Crippen molar-refractivity contribution in [2.24, 2.45) is 5.92 Å². The Morgan fingerprint density at radius 3 is 2.96 bits per heavy atom. The number of hydrogen-bond acceptors (Lipinski definition) is 4. The first-order chi connectivity index (χ1) is 11.9. The van der Waals surface area contributed by atoms with E-state index in [4.69, 9.17) is 0 Å². The summed E-state index contributed by atoms with van der Waals surface area (Å²) in [6.07, 6.45) is 2.75. The van der Waals surface area contributed by atoms with E-state index in [1.165, 1.54) is 0 Å². The van der Waals surface area contributed by atoms with Crippen LogP contribution in [0.3, 0.4) is 0 Å². The molecule has 3 N–H and O–H groups in total. The number of hydrogen-bond donors (Lipinski definition) is 3. The third kappa shape index (κ3) is 2.24. The fourth-order valence-electron chi connectivity index (χ4n) is 4.84. The molecular formula is C19H25N3O3. The van der Waals surface area contributed by atoms with Crippen LogP contribution in [0.1, 0.15) is 38.7 Å². The third-order valence-electron chi connectivity index (χ3n) is 5.95. The van der Waals surface area contributed by atoms with Gasteiger partial charge in [0.2, 0.25) is 11.8 Å². The van der Waals surface area contributed by atoms with Gasteiger partial charge >= 0.3 is 0 Å². The molecule has 1 aromatic carbocycles. The van der Waals surface area contributed by atoms with Crippen LogP contribution in [0.4, 0.5) is 5.69 Å². The molecule has 0 aromatic heterocycles. The Hall–Kier alpha value is -1.92. The van der Waals surface area contributed by atoms with Crippen molar-refractivity contribution in [3.63, 3.8) is 0 Å². The Morgan fingerprint density at radius 2 is 2.20 bits per heavy atom. The van der Waals surface area contributed by atoms with Gasteiger partial charge in [0.15, 0.2) is 0 Å². The van der Waals surface area contributed by atoms with Gasteiger partial charge in [-0.2, -0.15) is 0 Å². The number of nitrogens with one attached hydrogen (secondary N) is 2. The number of benzene rings is 1. The van der Waals surface area contributed by atoms with Crippen LogP contribution in [-0.2, 0) is 15.1 Å². The fourth-order valence-corrected chi connectivity index (χ4v) is 4.84. The van der Waals surface area contributed by atoms with Crippen molar-refractivity contribution in [1.29, 1.82) is 0 Å². The van der Waals surface area contributed by atoms with Crippen LogP contribution in [-0.4, -0.2) is 46.6 Å². The summed E-state index contributed by atoms with van der Waals surface area (Å²) >= 11 is 0. The van der Waals surface area contributed by atoms with Gasteiger partial charge in [0.1, 0.15) is 5.54 Å². The average Bonchev–Trinajstić information content (AvgIpc) is 3.22. The fraction of sp³-hybridized carbons (Fsp3) is 0.579. The molecule has 0 aliphatic carbocycles. The number of nitrogens with zero attached hydrogens (tertiary/aromatic N) is 1. The predicted octanol–water partition coefficient (Wildman–Crippen LogP) is 1.21. The number of fused-ring (bicyclic) bond motifs is 4. The van der Waals surface area contributed by atoms with E-state index < -0.39 is 17.0 Å². The lowest BCUT2D eigenvalue weighted by atomic mass is 9.78. The molecule has 3 aliphatic rings. The van der Waals surface area contributed by atoms with Gasteiger partial charge in [-0.1, -0.05) is 18.2 Å². The number of aliphatic hydroxyl groups excluding tert-OH is 1.